The largest absolute Gasteiger partial charge is 0.507 e. The van der Waals surface area contributed by atoms with Crippen molar-refractivity contribution in [1.82, 2.24) is 9.80 Å². The van der Waals surface area contributed by atoms with Crippen LogP contribution in [0.3, 0.4) is 0 Å². The fraction of sp³-hybridized carbons (Fsp3) is 0.433. The first-order valence-corrected chi connectivity index (χ1v) is 13.4. The Morgan fingerprint density at radius 3 is 2.61 bits per heavy atom. The zero-order chi connectivity index (χ0) is 27.2. The molecule has 8 nitrogen and oxygen atoms in total. The summed E-state index contributed by atoms with van der Waals surface area (Å²) in [5.41, 5.74) is 0.675. The van der Waals surface area contributed by atoms with Crippen LogP contribution in [0, 0.1) is 0 Å². The number of para-hydroxylation sites is 1. The lowest BCUT2D eigenvalue weighted by Gasteiger charge is -2.35. The number of hydrogen-bond acceptors (Lipinski definition) is 6. The van der Waals surface area contributed by atoms with E-state index in [9.17, 15) is 19.5 Å². The van der Waals surface area contributed by atoms with Crippen LogP contribution in [0.5, 0.6) is 5.75 Å². The van der Waals surface area contributed by atoms with Crippen molar-refractivity contribution in [2.24, 2.45) is 0 Å². The molecule has 0 aromatic heterocycles. The molecule has 2 aromatic carbocycles. The number of carbonyl (C=O) groups is 3. The van der Waals surface area contributed by atoms with Gasteiger partial charge in [0.15, 0.2) is 5.54 Å². The van der Waals surface area contributed by atoms with E-state index in [0.717, 1.165) is 24.2 Å². The number of likely N-dealkylation sites (tertiary alicyclic amines) is 1. The number of benzene rings is 2. The Hall–Kier alpha value is -3.65. The first kappa shape index (κ1) is 26.0. The molecular formula is C30H35N3O5. The molecule has 5 rings (SSSR count). The van der Waals surface area contributed by atoms with Gasteiger partial charge in [-0.25, -0.2) is 0 Å². The molecular weight excluding hydrogens is 482 g/mol. The van der Waals surface area contributed by atoms with E-state index < -0.39 is 17.2 Å². The summed E-state index contributed by atoms with van der Waals surface area (Å²) in [4.78, 5) is 46.9. The molecule has 3 aliphatic heterocycles. The molecule has 1 N–H and O–H groups in total. The summed E-state index contributed by atoms with van der Waals surface area (Å²) in [6.07, 6.45) is 2.91. The van der Waals surface area contributed by atoms with Crippen LogP contribution in [0.15, 0.2) is 48.0 Å². The van der Waals surface area contributed by atoms with Crippen LogP contribution in [0.2, 0.25) is 0 Å². The predicted octanol–water partition coefficient (Wildman–Crippen LogP) is 3.68. The Labute approximate surface area is 223 Å². The highest BCUT2D eigenvalue weighted by atomic mass is 16.5. The number of aliphatic hydroxyl groups excluding tert-OH is 1. The second-order valence-corrected chi connectivity index (χ2v) is 10.7. The number of anilines is 1. The van der Waals surface area contributed by atoms with Gasteiger partial charge >= 0.3 is 0 Å². The third-order valence-corrected chi connectivity index (χ3v) is 7.70. The molecule has 2 amide bonds. The summed E-state index contributed by atoms with van der Waals surface area (Å²) >= 11 is 0. The summed E-state index contributed by atoms with van der Waals surface area (Å²) in [6, 6.07) is 12.6. The second kappa shape index (κ2) is 9.91. The van der Waals surface area contributed by atoms with Gasteiger partial charge in [0.2, 0.25) is 0 Å². The van der Waals surface area contributed by atoms with Crippen LogP contribution >= 0.6 is 0 Å². The number of aliphatic hydroxyl groups is 1. The van der Waals surface area contributed by atoms with Crippen LogP contribution in [-0.2, 0) is 26.3 Å². The molecule has 0 radical (unpaired) electrons. The van der Waals surface area contributed by atoms with Crippen molar-refractivity contribution in [3.63, 3.8) is 0 Å². The number of fused-ring (bicyclic) bond motifs is 3. The van der Waals surface area contributed by atoms with Crippen LogP contribution < -0.4 is 9.64 Å². The Morgan fingerprint density at radius 2 is 1.87 bits per heavy atom. The second-order valence-electron chi connectivity index (χ2n) is 10.7. The SMILES string of the molecule is CCCCN1C(=O)[C@]2(C(=C(O)c3ccc4c(c3)C[C@@H](C)O4)C(=O)C(=O)N2CCCN(C)C)c2ccccc21. The van der Waals surface area contributed by atoms with Crippen molar-refractivity contribution in [3.05, 3.63) is 64.7 Å². The highest BCUT2D eigenvalue weighted by Gasteiger charge is 2.66. The van der Waals surface area contributed by atoms with Crippen LogP contribution in [0.25, 0.3) is 5.76 Å². The Kier molecular flexibility index (Phi) is 6.77. The van der Waals surface area contributed by atoms with E-state index >= 15 is 0 Å². The third kappa shape index (κ3) is 3.89. The van der Waals surface area contributed by atoms with Crippen molar-refractivity contribution in [2.45, 2.75) is 51.2 Å². The van der Waals surface area contributed by atoms with Gasteiger partial charge in [-0.15, -0.1) is 0 Å². The van der Waals surface area contributed by atoms with Gasteiger partial charge in [-0.05, 0) is 70.2 Å². The van der Waals surface area contributed by atoms with Crippen molar-refractivity contribution < 1.29 is 24.2 Å². The molecule has 1 fully saturated rings. The number of nitrogens with zero attached hydrogens (tertiary/aromatic N) is 3. The minimum Gasteiger partial charge on any atom is -0.507 e. The topological polar surface area (TPSA) is 90.4 Å². The van der Waals surface area contributed by atoms with Gasteiger partial charge in [-0.1, -0.05) is 31.5 Å². The van der Waals surface area contributed by atoms with Gasteiger partial charge in [-0.3, -0.25) is 14.4 Å². The third-order valence-electron chi connectivity index (χ3n) is 7.70. The summed E-state index contributed by atoms with van der Waals surface area (Å²) in [5, 5.41) is 11.7. The number of carbonyl (C=O) groups excluding carboxylic acids is 3. The first-order chi connectivity index (χ1) is 18.2. The van der Waals surface area contributed by atoms with Crippen molar-refractivity contribution in [3.8, 4) is 5.75 Å². The molecule has 1 saturated heterocycles. The Balaban J connectivity index is 1.72. The quantitative estimate of drug-likeness (QED) is 0.326. The minimum absolute atomic E-state index is 0.0127. The van der Waals surface area contributed by atoms with Crippen molar-refractivity contribution >= 4 is 29.0 Å². The summed E-state index contributed by atoms with van der Waals surface area (Å²) in [6.45, 7) is 5.36. The molecule has 0 bridgehead atoms. The standard InChI is InChI=1S/C30H35N3O5/c1-5-6-15-32-23-11-8-7-10-22(23)30(29(32)37)25(27(35)28(36)33(30)16-9-14-31(3)4)26(34)20-12-13-24-21(18-20)17-19(2)38-24/h7-8,10-13,18-19,34H,5-6,9,14-17H2,1-4H3/t19-,30-/m1/s1. The van der Waals surface area contributed by atoms with Gasteiger partial charge in [0, 0.05) is 30.6 Å². The Morgan fingerprint density at radius 1 is 1.11 bits per heavy atom. The lowest BCUT2D eigenvalue weighted by molar-refractivity contribution is -0.143. The zero-order valence-electron chi connectivity index (χ0n) is 22.5. The summed E-state index contributed by atoms with van der Waals surface area (Å²) in [7, 11) is 3.87. The normalized spacial score (nSPS) is 23.5. The molecule has 2 atom stereocenters. The molecule has 3 heterocycles. The predicted molar refractivity (Wildman–Crippen MR) is 145 cm³/mol. The fourth-order valence-corrected chi connectivity index (χ4v) is 5.96. The van der Waals surface area contributed by atoms with Crippen LogP contribution in [-0.4, -0.2) is 72.3 Å². The smallest absolute Gasteiger partial charge is 0.296 e. The van der Waals surface area contributed by atoms with Gasteiger partial charge in [0.25, 0.3) is 17.6 Å². The number of Topliss-reactive ketones (excluding diaryl/α,β-unsaturated/α-hetero) is 1. The molecule has 0 aliphatic carbocycles. The van der Waals surface area contributed by atoms with E-state index in [-0.39, 0.29) is 29.9 Å². The average Bonchev–Trinajstić information content (AvgIpc) is 3.46. The van der Waals surface area contributed by atoms with Gasteiger partial charge in [-0.2, -0.15) is 0 Å². The molecule has 0 saturated carbocycles. The molecule has 200 valence electrons. The Bertz CT molecular complexity index is 1330. The maximum atomic E-state index is 14.5. The van der Waals surface area contributed by atoms with Gasteiger partial charge < -0.3 is 24.5 Å². The van der Waals surface area contributed by atoms with Crippen molar-refractivity contribution in [2.75, 3.05) is 38.6 Å². The number of rotatable bonds is 8. The van der Waals surface area contributed by atoms with E-state index in [1.165, 1.54) is 4.90 Å². The van der Waals surface area contributed by atoms with E-state index in [0.29, 0.717) is 42.7 Å². The summed E-state index contributed by atoms with van der Waals surface area (Å²) < 4.78 is 5.80. The number of unbranched alkanes of at least 4 members (excludes halogenated alkanes) is 1. The van der Waals surface area contributed by atoms with E-state index in [2.05, 4.69) is 0 Å². The van der Waals surface area contributed by atoms with Crippen molar-refractivity contribution in [1.29, 1.82) is 0 Å². The average molecular weight is 518 g/mol. The molecule has 0 unspecified atom stereocenters. The lowest BCUT2D eigenvalue weighted by atomic mass is 9.81. The number of amides is 2. The molecule has 38 heavy (non-hydrogen) atoms. The number of hydrogen-bond donors (Lipinski definition) is 1. The highest BCUT2D eigenvalue weighted by molar-refractivity contribution is 6.50. The highest BCUT2D eigenvalue weighted by Crippen LogP contribution is 2.53. The number of ketones is 1. The van der Waals surface area contributed by atoms with Gasteiger partial charge in [0.1, 0.15) is 17.6 Å². The van der Waals surface area contributed by atoms with E-state index in [4.69, 9.17) is 4.74 Å². The summed E-state index contributed by atoms with van der Waals surface area (Å²) in [5.74, 6) is -1.56. The molecule has 8 heteroatoms. The molecule has 2 aromatic rings. The zero-order valence-corrected chi connectivity index (χ0v) is 22.5. The first-order valence-electron chi connectivity index (χ1n) is 13.4. The maximum Gasteiger partial charge on any atom is 0.296 e. The molecule has 3 aliphatic rings. The minimum atomic E-state index is -1.71. The lowest BCUT2D eigenvalue weighted by Crippen LogP contribution is -2.52. The number of ether oxygens (including phenoxy) is 1. The van der Waals surface area contributed by atoms with Crippen LogP contribution in [0.4, 0.5) is 5.69 Å². The molecule has 1 spiro atoms. The van der Waals surface area contributed by atoms with E-state index in [1.54, 1.807) is 29.2 Å². The monoisotopic (exact) mass is 517 g/mol. The fourth-order valence-electron chi connectivity index (χ4n) is 5.96. The van der Waals surface area contributed by atoms with Gasteiger partial charge in [0.05, 0.1) is 11.3 Å². The maximum absolute atomic E-state index is 14.5. The van der Waals surface area contributed by atoms with Crippen LogP contribution in [0.1, 0.15) is 49.8 Å². The van der Waals surface area contributed by atoms with E-state index in [1.807, 2.05) is 51.0 Å².